The van der Waals surface area contributed by atoms with Crippen molar-refractivity contribution in [2.75, 3.05) is 5.73 Å². The van der Waals surface area contributed by atoms with E-state index in [2.05, 4.69) is 70.2 Å². The number of carbonyl (C=O) groups excluding carboxylic acids is 1. The number of amides is 1. The number of aryl methyl sites for hydroxylation is 2. The number of rotatable bonds is 3. The Labute approximate surface area is 231 Å². The van der Waals surface area contributed by atoms with Gasteiger partial charge in [-0.2, -0.15) is 5.10 Å². The first kappa shape index (κ1) is 26.1. The van der Waals surface area contributed by atoms with Crippen LogP contribution in [0.25, 0.3) is 33.1 Å². The van der Waals surface area contributed by atoms with E-state index in [1.54, 1.807) is 35.4 Å². The summed E-state index contributed by atoms with van der Waals surface area (Å²) < 4.78 is 1.76. The first-order valence-corrected chi connectivity index (χ1v) is 12.7. The van der Waals surface area contributed by atoms with Crippen LogP contribution in [0.3, 0.4) is 0 Å². The molecular formula is C32H27N7O. The third-order valence-corrected chi connectivity index (χ3v) is 6.32. The lowest BCUT2D eigenvalue weighted by atomic mass is 10.00. The summed E-state index contributed by atoms with van der Waals surface area (Å²) in [5, 5.41) is 6.04. The van der Waals surface area contributed by atoms with Crippen molar-refractivity contribution < 1.29 is 4.79 Å². The van der Waals surface area contributed by atoms with Crippen LogP contribution in [0.4, 0.5) is 5.82 Å². The first-order chi connectivity index (χ1) is 19.4. The first-order valence-electron chi connectivity index (χ1n) is 12.7. The third kappa shape index (κ3) is 5.49. The van der Waals surface area contributed by atoms with Crippen LogP contribution < -0.4 is 11.5 Å². The zero-order valence-corrected chi connectivity index (χ0v) is 22.2. The fourth-order valence-corrected chi connectivity index (χ4v) is 4.38. The molecule has 1 amide bonds. The fraction of sp³-hybridized carbons (Fsp3) is 0.0938. The summed E-state index contributed by atoms with van der Waals surface area (Å²) in [5.74, 6) is 5.96. The van der Waals surface area contributed by atoms with Crippen molar-refractivity contribution in [1.82, 2.24) is 24.7 Å². The van der Waals surface area contributed by atoms with Crippen molar-refractivity contribution in [1.29, 1.82) is 0 Å². The number of para-hydroxylation sites is 1. The van der Waals surface area contributed by atoms with Gasteiger partial charge in [-0.05, 0) is 36.2 Å². The maximum absolute atomic E-state index is 11.1. The number of aromatic nitrogens is 5. The Bertz CT molecular complexity index is 1900. The van der Waals surface area contributed by atoms with Gasteiger partial charge in [0.1, 0.15) is 11.4 Å². The normalized spacial score (nSPS) is 10.4. The second-order valence-electron chi connectivity index (χ2n) is 9.07. The van der Waals surface area contributed by atoms with E-state index in [1.165, 1.54) is 5.56 Å². The monoisotopic (exact) mass is 525 g/mol. The molecule has 4 aromatic heterocycles. The lowest BCUT2D eigenvalue weighted by molar-refractivity contribution is 0.100. The number of nitrogens with zero attached hydrogens (tertiary/aromatic N) is 5. The minimum atomic E-state index is -0.612. The molecule has 0 aliphatic carbocycles. The molecule has 0 radical (unpaired) electrons. The molecule has 8 heteroatoms. The number of primary amides is 1. The maximum Gasteiger partial charge on any atom is 0.254 e. The number of fused-ring (bicyclic) bond motifs is 2. The molecule has 4 N–H and O–H groups in total. The average Bonchev–Trinajstić information content (AvgIpc) is 3.40. The molecule has 0 atom stereocenters. The van der Waals surface area contributed by atoms with Crippen LogP contribution in [0.2, 0.25) is 0 Å². The Kier molecular flexibility index (Phi) is 7.47. The highest BCUT2D eigenvalue weighted by molar-refractivity contribution is 6.08. The summed E-state index contributed by atoms with van der Waals surface area (Å²) >= 11 is 0. The molecule has 6 rings (SSSR count). The van der Waals surface area contributed by atoms with Gasteiger partial charge >= 0.3 is 0 Å². The van der Waals surface area contributed by atoms with Gasteiger partial charge in [0.15, 0.2) is 0 Å². The van der Waals surface area contributed by atoms with Crippen molar-refractivity contribution in [3.63, 3.8) is 0 Å². The van der Waals surface area contributed by atoms with E-state index in [-0.39, 0.29) is 11.4 Å². The summed E-state index contributed by atoms with van der Waals surface area (Å²) in [6.07, 6.45) is 7.77. The van der Waals surface area contributed by atoms with Gasteiger partial charge in [0.25, 0.3) is 5.91 Å². The van der Waals surface area contributed by atoms with E-state index in [4.69, 9.17) is 16.5 Å². The molecule has 2 aromatic carbocycles. The quantitative estimate of drug-likeness (QED) is 0.316. The molecule has 8 nitrogen and oxygen atoms in total. The lowest BCUT2D eigenvalue weighted by Gasteiger charge is -2.10. The van der Waals surface area contributed by atoms with Gasteiger partial charge in [-0.3, -0.25) is 14.5 Å². The summed E-state index contributed by atoms with van der Waals surface area (Å²) in [6.45, 7) is 2.17. The largest absolute Gasteiger partial charge is 0.383 e. The predicted molar refractivity (Wildman–Crippen MR) is 158 cm³/mol. The lowest BCUT2D eigenvalue weighted by Crippen LogP contribution is -2.15. The minimum absolute atomic E-state index is 0.115. The molecule has 0 fully saturated rings. The van der Waals surface area contributed by atoms with Gasteiger partial charge in [0.2, 0.25) is 0 Å². The molecule has 0 unspecified atom stereocenters. The third-order valence-electron chi connectivity index (χ3n) is 6.32. The van der Waals surface area contributed by atoms with E-state index in [1.807, 2.05) is 31.4 Å². The molecule has 4 heterocycles. The van der Waals surface area contributed by atoms with Gasteiger partial charge in [0.05, 0.1) is 34.1 Å². The minimum Gasteiger partial charge on any atom is -0.383 e. The fourth-order valence-electron chi connectivity index (χ4n) is 4.38. The van der Waals surface area contributed by atoms with Gasteiger partial charge in [-0.1, -0.05) is 61.2 Å². The number of anilines is 1. The van der Waals surface area contributed by atoms with E-state index in [0.717, 1.165) is 45.1 Å². The maximum atomic E-state index is 11.1. The Morgan fingerprint density at radius 3 is 2.45 bits per heavy atom. The number of pyridine rings is 3. The molecule has 0 bridgehead atoms. The summed E-state index contributed by atoms with van der Waals surface area (Å²) in [5.41, 5.74) is 17.6. The Morgan fingerprint density at radius 1 is 0.925 bits per heavy atom. The number of benzene rings is 2. The molecule has 0 spiro atoms. The average molecular weight is 526 g/mol. The molecule has 196 valence electrons. The standard InChI is InChI=1S/C23H19N3.C9H8N4O/c1-3-18-14-21-11-7-10-20(13-12-17-15-24-26(2)16-17)23(21)25-22(18)19-8-5-4-6-9-19;10-8-6(9(11)14)7-5(4-13-8)2-1-3-12-7/h4-11,14-16H,3H2,1-2H3;1-4H,(H2,10,13)(H2,11,14). The molecular weight excluding hydrogens is 498 g/mol. The molecule has 40 heavy (non-hydrogen) atoms. The number of nitrogens with two attached hydrogens (primary N) is 2. The Morgan fingerprint density at radius 2 is 1.73 bits per heavy atom. The van der Waals surface area contributed by atoms with Crippen molar-refractivity contribution in [3.05, 3.63) is 114 Å². The second-order valence-corrected chi connectivity index (χ2v) is 9.07. The van der Waals surface area contributed by atoms with Crippen molar-refractivity contribution in [3.8, 4) is 23.1 Å². The van der Waals surface area contributed by atoms with Gasteiger partial charge in [-0.25, -0.2) is 9.97 Å². The Balaban J connectivity index is 0.000000194. The van der Waals surface area contributed by atoms with E-state index in [9.17, 15) is 4.79 Å². The van der Waals surface area contributed by atoms with Crippen molar-refractivity contribution >= 4 is 33.5 Å². The molecule has 0 aliphatic rings. The SMILES string of the molecule is CCc1cc2cccc(C#Cc3cnn(C)c3)c2nc1-c1ccccc1.NC(=O)c1c(N)ncc2cccnc12. The molecule has 6 aromatic rings. The van der Waals surface area contributed by atoms with Crippen molar-refractivity contribution in [2.45, 2.75) is 13.3 Å². The van der Waals surface area contributed by atoms with Crippen LogP contribution >= 0.6 is 0 Å². The topological polar surface area (TPSA) is 126 Å². The smallest absolute Gasteiger partial charge is 0.254 e. The van der Waals surface area contributed by atoms with Crippen molar-refractivity contribution in [2.24, 2.45) is 12.8 Å². The molecule has 0 saturated carbocycles. The van der Waals surface area contributed by atoms with Crippen LogP contribution in [0.5, 0.6) is 0 Å². The molecule has 0 saturated heterocycles. The van der Waals surface area contributed by atoms with Crippen LogP contribution in [-0.2, 0) is 13.5 Å². The summed E-state index contributed by atoms with van der Waals surface area (Å²) in [7, 11) is 1.89. The summed E-state index contributed by atoms with van der Waals surface area (Å²) in [6, 6.07) is 22.3. The number of hydrogen-bond donors (Lipinski definition) is 2. The Hall–Kier alpha value is -5.55. The number of carbonyl (C=O) groups is 1. The zero-order valence-electron chi connectivity index (χ0n) is 22.2. The van der Waals surface area contributed by atoms with Gasteiger partial charge in [0, 0.05) is 42.0 Å². The van der Waals surface area contributed by atoms with E-state index >= 15 is 0 Å². The van der Waals surface area contributed by atoms with Crippen LogP contribution in [0.15, 0.2) is 91.5 Å². The number of hydrogen-bond acceptors (Lipinski definition) is 6. The number of nitrogen functional groups attached to an aromatic ring is 1. The highest BCUT2D eigenvalue weighted by Crippen LogP contribution is 2.27. The highest BCUT2D eigenvalue weighted by atomic mass is 16.1. The summed E-state index contributed by atoms with van der Waals surface area (Å²) in [4.78, 5) is 24.0. The highest BCUT2D eigenvalue weighted by Gasteiger charge is 2.12. The second kappa shape index (κ2) is 11.5. The van der Waals surface area contributed by atoms with Crippen LogP contribution in [0.1, 0.15) is 34.0 Å². The van der Waals surface area contributed by atoms with Gasteiger partial charge < -0.3 is 11.5 Å². The van der Waals surface area contributed by atoms with Crippen LogP contribution in [0, 0.1) is 11.8 Å². The molecule has 0 aliphatic heterocycles. The van der Waals surface area contributed by atoms with E-state index in [0.29, 0.717) is 5.52 Å². The predicted octanol–water partition coefficient (Wildman–Crippen LogP) is 4.91. The van der Waals surface area contributed by atoms with Crippen LogP contribution in [-0.4, -0.2) is 30.6 Å². The zero-order chi connectivity index (χ0) is 28.1. The van der Waals surface area contributed by atoms with Gasteiger partial charge in [-0.15, -0.1) is 0 Å². The van der Waals surface area contributed by atoms with E-state index < -0.39 is 5.91 Å².